The van der Waals surface area contributed by atoms with E-state index in [0.29, 0.717) is 12.0 Å². The van der Waals surface area contributed by atoms with Gasteiger partial charge in [0.15, 0.2) is 5.82 Å². The zero-order chi connectivity index (χ0) is 25.2. The molecule has 0 N–H and O–H groups in total. The van der Waals surface area contributed by atoms with Crippen molar-refractivity contribution in [2.45, 2.75) is 39.7 Å². The van der Waals surface area contributed by atoms with Crippen LogP contribution in [0.25, 0.3) is 16.6 Å². The molecule has 0 amide bonds. The van der Waals surface area contributed by atoms with Gasteiger partial charge in [-0.2, -0.15) is 10.2 Å². The summed E-state index contributed by atoms with van der Waals surface area (Å²) in [4.78, 5) is 4.55. The first-order valence-corrected chi connectivity index (χ1v) is 12.8. The van der Waals surface area contributed by atoms with E-state index < -0.39 is 0 Å². The van der Waals surface area contributed by atoms with Crippen molar-refractivity contribution in [2.24, 2.45) is 5.92 Å². The van der Waals surface area contributed by atoms with Gasteiger partial charge in [0.2, 0.25) is 0 Å². The number of likely N-dealkylation sites (tertiary alicyclic amines) is 1. The van der Waals surface area contributed by atoms with Crippen LogP contribution in [0.2, 0.25) is 0 Å². The molecule has 7 heteroatoms. The largest absolute Gasteiger partial charge is 0.491 e. The second-order valence-electron chi connectivity index (χ2n) is 10.1. The molecule has 1 saturated heterocycles. The number of ether oxygens (including phenoxy) is 1. The van der Waals surface area contributed by atoms with Gasteiger partial charge in [-0.3, -0.25) is 4.90 Å². The van der Waals surface area contributed by atoms with E-state index >= 15 is 0 Å². The second kappa shape index (κ2) is 10.3. The maximum absolute atomic E-state index is 6.45. The Hall–Kier alpha value is -3.45. The van der Waals surface area contributed by atoms with E-state index in [-0.39, 0.29) is 0 Å². The molecule has 1 aliphatic rings. The monoisotopic (exact) mass is 484 g/mol. The Kier molecular flexibility index (Phi) is 6.92. The third-order valence-electron chi connectivity index (χ3n) is 7.46. The first-order valence-electron chi connectivity index (χ1n) is 12.8. The molecular weight excluding hydrogens is 448 g/mol. The van der Waals surface area contributed by atoms with Gasteiger partial charge in [0.1, 0.15) is 17.0 Å². The van der Waals surface area contributed by atoms with Crippen molar-refractivity contribution >= 4 is 16.7 Å². The van der Waals surface area contributed by atoms with Gasteiger partial charge in [0.25, 0.3) is 0 Å². The van der Waals surface area contributed by atoms with E-state index in [0.717, 1.165) is 72.1 Å². The van der Waals surface area contributed by atoms with Crippen LogP contribution in [0.15, 0.2) is 54.6 Å². The number of nitrogens with zero attached hydrogens (tertiary/aromatic N) is 6. The van der Waals surface area contributed by atoms with Crippen LogP contribution in [0.1, 0.15) is 42.8 Å². The van der Waals surface area contributed by atoms with Crippen molar-refractivity contribution in [3.05, 3.63) is 71.5 Å². The van der Waals surface area contributed by atoms with Crippen LogP contribution >= 0.6 is 0 Å². The summed E-state index contributed by atoms with van der Waals surface area (Å²) in [5.74, 6) is 2.18. The Bertz CT molecular complexity index is 1320. The highest BCUT2D eigenvalue weighted by Crippen LogP contribution is 2.32. The summed E-state index contributed by atoms with van der Waals surface area (Å²) in [6, 6.07) is 19.4. The molecule has 0 aliphatic carbocycles. The molecule has 1 atom stereocenters. The molecule has 0 bridgehead atoms. The van der Waals surface area contributed by atoms with Crippen LogP contribution < -0.4 is 9.64 Å². The third-order valence-corrected chi connectivity index (χ3v) is 7.46. The van der Waals surface area contributed by atoms with Gasteiger partial charge >= 0.3 is 0 Å². The minimum atomic E-state index is 0.449. The maximum atomic E-state index is 6.45. The van der Waals surface area contributed by atoms with Gasteiger partial charge in [-0.25, -0.2) is 4.68 Å². The van der Waals surface area contributed by atoms with E-state index in [9.17, 15) is 0 Å². The van der Waals surface area contributed by atoms with Crippen molar-refractivity contribution in [2.75, 3.05) is 38.7 Å². The molecular formula is C29H36N6O. The standard InChI is InChI=1S/C29H36N6O/c1-20-27-22(3)35(32-28(27)29(31-30-20)33(4)5)25-13-9-10-14-26(25)36-19-23-15-17-34(18-16-23)21(2)24-11-7-6-8-12-24/h6-14,21,23H,15-19H2,1-5H3. The summed E-state index contributed by atoms with van der Waals surface area (Å²) in [7, 11) is 3.94. The number of hydrogen-bond acceptors (Lipinski definition) is 6. The highest BCUT2D eigenvalue weighted by molar-refractivity contribution is 5.92. The Morgan fingerprint density at radius 3 is 2.39 bits per heavy atom. The van der Waals surface area contributed by atoms with Crippen LogP contribution in [0.5, 0.6) is 5.75 Å². The maximum Gasteiger partial charge on any atom is 0.179 e. The molecule has 3 heterocycles. The quantitative estimate of drug-likeness (QED) is 0.352. The lowest BCUT2D eigenvalue weighted by Gasteiger charge is -2.36. The number of fused-ring (bicyclic) bond motifs is 1. The number of piperidine rings is 1. The van der Waals surface area contributed by atoms with Crippen molar-refractivity contribution in [1.82, 2.24) is 24.9 Å². The minimum Gasteiger partial charge on any atom is -0.491 e. The molecule has 1 fully saturated rings. The van der Waals surface area contributed by atoms with Gasteiger partial charge in [0, 0.05) is 20.1 Å². The summed E-state index contributed by atoms with van der Waals surface area (Å²) in [6.45, 7) is 9.30. The summed E-state index contributed by atoms with van der Waals surface area (Å²) in [5, 5.41) is 14.8. The van der Waals surface area contributed by atoms with Crippen molar-refractivity contribution < 1.29 is 4.74 Å². The molecule has 2 aromatic heterocycles. The minimum absolute atomic E-state index is 0.449. The number of aromatic nitrogens is 4. The van der Waals surface area contributed by atoms with Gasteiger partial charge in [-0.05, 0) is 70.3 Å². The topological polar surface area (TPSA) is 59.3 Å². The summed E-state index contributed by atoms with van der Waals surface area (Å²) in [6.07, 6.45) is 2.29. The van der Waals surface area contributed by atoms with E-state index in [1.807, 2.05) is 48.8 Å². The van der Waals surface area contributed by atoms with Crippen LogP contribution in [0.4, 0.5) is 5.82 Å². The van der Waals surface area contributed by atoms with E-state index in [4.69, 9.17) is 9.84 Å². The van der Waals surface area contributed by atoms with Gasteiger partial charge < -0.3 is 9.64 Å². The number of para-hydroxylation sites is 2. The lowest BCUT2D eigenvalue weighted by atomic mass is 9.95. The molecule has 0 radical (unpaired) electrons. The van der Waals surface area contributed by atoms with Crippen molar-refractivity contribution in [3.63, 3.8) is 0 Å². The van der Waals surface area contributed by atoms with Crippen molar-refractivity contribution in [3.8, 4) is 11.4 Å². The molecule has 36 heavy (non-hydrogen) atoms. The third kappa shape index (κ3) is 4.67. The first-order chi connectivity index (χ1) is 17.4. The summed E-state index contributed by atoms with van der Waals surface area (Å²) >= 11 is 0. The molecule has 2 aromatic carbocycles. The highest BCUT2D eigenvalue weighted by atomic mass is 16.5. The summed E-state index contributed by atoms with van der Waals surface area (Å²) < 4.78 is 8.43. The van der Waals surface area contributed by atoms with Crippen LogP contribution in [0.3, 0.4) is 0 Å². The number of aryl methyl sites for hydroxylation is 2. The van der Waals surface area contributed by atoms with Crippen LogP contribution in [-0.2, 0) is 0 Å². The average molecular weight is 485 g/mol. The van der Waals surface area contributed by atoms with Crippen molar-refractivity contribution in [1.29, 1.82) is 0 Å². The van der Waals surface area contributed by atoms with E-state index in [2.05, 4.69) is 65.3 Å². The Morgan fingerprint density at radius 2 is 1.67 bits per heavy atom. The molecule has 5 rings (SSSR count). The zero-order valence-electron chi connectivity index (χ0n) is 22.0. The lowest BCUT2D eigenvalue weighted by molar-refractivity contribution is 0.113. The smallest absolute Gasteiger partial charge is 0.179 e. The zero-order valence-corrected chi connectivity index (χ0v) is 22.0. The Balaban J connectivity index is 1.31. The van der Waals surface area contributed by atoms with Gasteiger partial charge in [-0.1, -0.05) is 42.5 Å². The number of benzene rings is 2. The highest BCUT2D eigenvalue weighted by Gasteiger charge is 2.25. The lowest BCUT2D eigenvalue weighted by Crippen LogP contribution is -2.37. The van der Waals surface area contributed by atoms with Gasteiger partial charge in [0.05, 0.1) is 23.4 Å². The average Bonchev–Trinajstić information content (AvgIpc) is 3.25. The molecule has 4 aromatic rings. The predicted molar refractivity (Wildman–Crippen MR) is 145 cm³/mol. The normalized spacial score (nSPS) is 15.8. The Morgan fingerprint density at radius 1 is 0.972 bits per heavy atom. The molecule has 188 valence electrons. The Labute approximate surface area is 213 Å². The molecule has 0 saturated carbocycles. The van der Waals surface area contributed by atoms with Crippen LogP contribution in [-0.4, -0.2) is 58.7 Å². The molecule has 1 unspecified atom stereocenters. The SMILES string of the molecule is Cc1nnc(N(C)C)c2nn(-c3ccccc3OCC3CCN(C(C)c4ccccc4)CC3)c(C)c12. The predicted octanol–water partition coefficient (Wildman–Crippen LogP) is 5.35. The number of anilines is 1. The molecule has 1 aliphatic heterocycles. The number of rotatable bonds is 7. The fourth-order valence-corrected chi connectivity index (χ4v) is 5.26. The van der Waals surface area contributed by atoms with Gasteiger partial charge in [-0.15, -0.1) is 5.10 Å². The number of hydrogen-bond donors (Lipinski definition) is 0. The first kappa shape index (κ1) is 24.3. The van der Waals surface area contributed by atoms with E-state index in [1.54, 1.807) is 0 Å². The summed E-state index contributed by atoms with van der Waals surface area (Å²) in [5.41, 5.74) is 5.13. The second-order valence-corrected chi connectivity index (χ2v) is 10.1. The molecule has 0 spiro atoms. The van der Waals surface area contributed by atoms with Crippen LogP contribution in [0, 0.1) is 19.8 Å². The fraction of sp³-hybridized carbons (Fsp3) is 0.414. The van der Waals surface area contributed by atoms with E-state index in [1.165, 1.54) is 5.56 Å². The molecule has 7 nitrogen and oxygen atoms in total. The fourth-order valence-electron chi connectivity index (χ4n) is 5.26.